The Morgan fingerprint density at radius 3 is 1.11 bits per heavy atom. The second kappa shape index (κ2) is 14.6. The first kappa shape index (κ1) is 35.7. The first-order valence-corrected chi connectivity index (χ1v) is 19.4. The van der Waals surface area contributed by atoms with Crippen LogP contribution in [-0.4, -0.2) is 20.2 Å². The van der Waals surface area contributed by atoms with E-state index in [-0.39, 0.29) is 0 Å². The van der Waals surface area contributed by atoms with E-state index in [1.54, 1.807) is 0 Å². The summed E-state index contributed by atoms with van der Waals surface area (Å²) < 4.78 is 6.00. The van der Waals surface area contributed by atoms with Gasteiger partial charge in [0.2, 0.25) is 11.8 Å². The van der Waals surface area contributed by atoms with Crippen molar-refractivity contribution in [2.45, 2.75) is 41.5 Å². The Morgan fingerprint density at radius 1 is 0.351 bits per heavy atom. The van der Waals surface area contributed by atoms with Gasteiger partial charge in [0, 0.05) is 22.3 Å². The molecule has 0 spiro atoms. The van der Waals surface area contributed by atoms with Crippen LogP contribution in [0.25, 0.3) is 89.8 Å². The van der Waals surface area contributed by atoms with Crippen LogP contribution in [0.3, 0.4) is 0 Å². The van der Waals surface area contributed by atoms with E-state index < -0.39 is 0 Å². The third-order valence-corrected chi connectivity index (χ3v) is 10.8. The summed E-state index contributed by atoms with van der Waals surface area (Å²) in [6.45, 7) is 13.2. The zero-order chi connectivity index (χ0) is 39.2. The zero-order valence-corrected chi connectivity index (χ0v) is 33.1. The van der Waals surface area contributed by atoms with Crippen LogP contribution in [0.5, 0.6) is 0 Å². The van der Waals surface area contributed by atoms with Gasteiger partial charge >= 0.3 is 0 Å². The zero-order valence-electron chi connectivity index (χ0n) is 33.1. The molecule has 0 fully saturated rings. The molecule has 0 unspecified atom stereocenters. The van der Waals surface area contributed by atoms with Gasteiger partial charge in [-0.15, -0.1) is 10.2 Å². The van der Waals surface area contributed by atoms with E-state index in [0.29, 0.717) is 11.8 Å². The molecule has 9 rings (SSSR count). The topological polar surface area (TPSA) is 64.7 Å². The van der Waals surface area contributed by atoms with E-state index >= 15 is 0 Å². The van der Waals surface area contributed by atoms with Crippen molar-refractivity contribution >= 4 is 11.0 Å². The van der Waals surface area contributed by atoms with Crippen molar-refractivity contribution in [3.05, 3.63) is 179 Å². The summed E-state index contributed by atoms with van der Waals surface area (Å²) in [5, 5.41) is 8.56. The SMILES string of the molecule is Cc1cc(C)c(-c2cc3nc(-c4ccccc4)c(-c4ccc(-c5ccc(-c6nnc(-c7ccccc7)o6)cc5)cc4)nc3cc2-c2c(C)cc(C)cc2C)c(C)c1. The number of hydrogen-bond acceptors (Lipinski definition) is 5. The van der Waals surface area contributed by atoms with Crippen molar-refractivity contribution in [2.75, 3.05) is 0 Å². The fourth-order valence-corrected chi connectivity index (χ4v) is 8.39. The molecule has 276 valence electrons. The molecule has 0 radical (unpaired) electrons. The van der Waals surface area contributed by atoms with Crippen LogP contribution in [0.1, 0.15) is 33.4 Å². The predicted octanol–water partition coefficient (Wildman–Crippen LogP) is 13.5. The Balaban J connectivity index is 1.15. The fourth-order valence-electron chi connectivity index (χ4n) is 8.39. The molecule has 7 aromatic carbocycles. The maximum atomic E-state index is 6.00. The molecule has 0 saturated carbocycles. The summed E-state index contributed by atoms with van der Waals surface area (Å²) in [6.07, 6.45) is 0. The summed E-state index contributed by atoms with van der Waals surface area (Å²) in [4.78, 5) is 10.9. The molecule has 0 bridgehead atoms. The van der Waals surface area contributed by atoms with Gasteiger partial charge in [0.1, 0.15) is 0 Å². The van der Waals surface area contributed by atoms with Gasteiger partial charge in [-0.1, -0.05) is 120 Å². The number of hydrogen-bond donors (Lipinski definition) is 0. The van der Waals surface area contributed by atoms with E-state index in [1.807, 2.05) is 48.5 Å². The summed E-state index contributed by atoms with van der Waals surface area (Å²) in [7, 11) is 0. The van der Waals surface area contributed by atoms with Crippen molar-refractivity contribution in [1.29, 1.82) is 0 Å². The monoisotopic (exact) mass is 738 g/mol. The van der Waals surface area contributed by atoms with Crippen LogP contribution in [0.2, 0.25) is 0 Å². The van der Waals surface area contributed by atoms with Gasteiger partial charge in [0.25, 0.3) is 0 Å². The summed E-state index contributed by atoms with van der Waals surface area (Å²) in [6, 6.07) is 50.7. The van der Waals surface area contributed by atoms with Gasteiger partial charge in [-0.25, -0.2) is 9.97 Å². The second-order valence-corrected chi connectivity index (χ2v) is 15.2. The maximum Gasteiger partial charge on any atom is 0.248 e. The molecular weight excluding hydrogens is 697 g/mol. The molecular formula is C52H42N4O. The highest BCUT2D eigenvalue weighted by atomic mass is 16.4. The summed E-state index contributed by atoms with van der Waals surface area (Å²) in [5.74, 6) is 0.997. The van der Waals surface area contributed by atoms with Gasteiger partial charge in [-0.2, -0.15) is 0 Å². The molecule has 0 amide bonds. The molecule has 0 aliphatic heterocycles. The lowest BCUT2D eigenvalue weighted by molar-refractivity contribution is 0.584. The van der Waals surface area contributed by atoms with Crippen molar-refractivity contribution in [2.24, 2.45) is 0 Å². The van der Waals surface area contributed by atoms with Crippen molar-refractivity contribution < 1.29 is 4.42 Å². The van der Waals surface area contributed by atoms with Crippen LogP contribution in [0.15, 0.2) is 150 Å². The highest BCUT2D eigenvalue weighted by Gasteiger charge is 2.21. The average Bonchev–Trinajstić information content (AvgIpc) is 3.71. The summed E-state index contributed by atoms with van der Waals surface area (Å²) >= 11 is 0. The van der Waals surface area contributed by atoms with Crippen LogP contribution >= 0.6 is 0 Å². The van der Waals surface area contributed by atoms with Crippen LogP contribution in [0, 0.1) is 41.5 Å². The van der Waals surface area contributed by atoms with E-state index in [1.165, 1.54) is 55.6 Å². The van der Waals surface area contributed by atoms with Gasteiger partial charge < -0.3 is 4.42 Å². The van der Waals surface area contributed by atoms with E-state index in [9.17, 15) is 0 Å². The molecule has 0 atom stereocenters. The molecule has 0 N–H and O–H groups in total. The Morgan fingerprint density at radius 2 is 0.684 bits per heavy atom. The maximum absolute atomic E-state index is 6.00. The van der Waals surface area contributed by atoms with E-state index in [4.69, 9.17) is 14.4 Å². The number of rotatable bonds is 7. The minimum Gasteiger partial charge on any atom is -0.416 e. The fraction of sp³-hybridized carbons (Fsp3) is 0.115. The van der Waals surface area contributed by atoms with E-state index in [2.05, 4.69) is 149 Å². The highest BCUT2D eigenvalue weighted by Crippen LogP contribution is 2.43. The molecule has 57 heavy (non-hydrogen) atoms. The van der Waals surface area contributed by atoms with Crippen LogP contribution < -0.4 is 0 Å². The minimum atomic E-state index is 0.492. The Hall–Kier alpha value is -6.98. The molecule has 2 heterocycles. The number of fused-ring (bicyclic) bond motifs is 1. The molecule has 5 heteroatoms. The third kappa shape index (κ3) is 6.82. The molecule has 5 nitrogen and oxygen atoms in total. The lowest BCUT2D eigenvalue weighted by Gasteiger charge is -2.20. The Bertz CT molecular complexity index is 2880. The van der Waals surface area contributed by atoms with Gasteiger partial charge in [0.05, 0.1) is 22.4 Å². The normalized spacial score (nSPS) is 11.3. The molecule has 2 aromatic heterocycles. The third-order valence-electron chi connectivity index (χ3n) is 10.8. The number of aromatic nitrogens is 4. The predicted molar refractivity (Wildman–Crippen MR) is 234 cm³/mol. The lowest BCUT2D eigenvalue weighted by Crippen LogP contribution is -2.00. The number of nitrogens with zero attached hydrogens (tertiary/aromatic N) is 4. The Kier molecular flexibility index (Phi) is 9.14. The molecule has 0 aliphatic rings. The first-order chi connectivity index (χ1) is 27.7. The standard InChI is InChI=1S/C52H42N4O/c1-31-25-33(3)47(34(4)26-31)43-29-45-46(30-44(43)48-35(5)27-32(2)28-36(48)6)54-50(49(53-45)39-13-9-7-10-14-39)40-21-17-37(18-22-40)38-19-23-42(24-20-38)52-56-55-51(57-52)41-15-11-8-12-16-41/h7-30H,1-6H3. The number of aryl methyl sites for hydroxylation is 6. The van der Waals surface area contributed by atoms with Crippen LogP contribution in [0.4, 0.5) is 0 Å². The quantitative estimate of drug-likeness (QED) is 0.163. The van der Waals surface area contributed by atoms with Gasteiger partial charge in [-0.3, -0.25) is 0 Å². The van der Waals surface area contributed by atoms with E-state index in [0.717, 1.165) is 55.8 Å². The van der Waals surface area contributed by atoms with Crippen molar-refractivity contribution in [3.63, 3.8) is 0 Å². The van der Waals surface area contributed by atoms with Gasteiger partial charge in [0.15, 0.2) is 0 Å². The molecule has 0 aliphatic carbocycles. The van der Waals surface area contributed by atoms with Crippen molar-refractivity contribution in [1.82, 2.24) is 20.2 Å². The smallest absolute Gasteiger partial charge is 0.248 e. The van der Waals surface area contributed by atoms with Crippen molar-refractivity contribution in [3.8, 4) is 78.8 Å². The average molecular weight is 739 g/mol. The van der Waals surface area contributed by atoms with Crippen LogP contribution in [-0.2, 0) is 0 Å². The summed E-state index contributed by atoms with van der Waals surface area (Å²) in [5.41, 5.74) is 21.8. The largest absolute Gasteiger partial charge is 0.416 e. The Labute approximate surface area is 333 Å². The highest BCUT2D eigenvalue weighted by molar-refractivity contribution is 5.98. The van der Waals surface area contributed by atoms with Gasteiger partial charge in [-0.05, 0) is 134 Å². The minimum absolute atomic E-state index is 0.492. The molecule has 9 aromatic rings. The second-order valence-electron chi connectivity index (χ2n) is 15.2. The number of benzene rings is 7. The lowest BCUT2D eigenvalue weighted by atomic mass is 9.85. The first-order valence-electron chi connectivity index (χ1n) is 19.4. The molecule has 0 saturated heterocycles.